The lowest BCUT2D eigenvalue weighted by molar-refractivity contribution is -0.131. The van der Waals surface area contributed by atoms with E-state index >= 15 is 4.39 Å². The molecule has 0 amide bonds. The van der Waals surface area contributed by atoms with Crippen molar-refractivity contribution in [3.8, 4) is 11.8 Å². The number of aliphatic hydroxyl groups is 1. The Bertz CT molecular complexity index is 1300. The number of carbonyl (C=O) groups excluding carboxylic acids is 2. The molecule has 0 bridgehead atoms. The van der Waals surface area contributed by atoms with Gasteiger partial charge in [-0.25, -0.2) is 4.39 Å². The topological polar surface area (TPSA) is 66.8 Å². The molecule has 5 nitrogen and oxygen atoms in total. The Balaban J connectivity index is 1.35. The summed E-state index contributed by atoms with van der Waals surface area (Å²) in [6.07, 6.45) is 8.21. The van der Waals surface area contributed by atoms with Crippen LogP contribution < -0.4 is 4.90 Å². The quantitative estimate of drug-likeness (QED) is 0.357. The fourth-order valence-corrected chi connectivity index (χ4v) is 8.94. The Morgan fingerprint density at radius 1 is 1.12 bits per heavy atom. The van der Waals surface area contributed by atoms with Crippen LogP contribution in [0.25, 0.3) is 0 Å². The van der Waals surface area contributed by atoms with E-state index in [0.29, 0.717) is 24.8 Å². The predicted octanol–water partition coefficient (Wildman–Crippen LogP) is 5.72. The summed E-state index contributed by atoms with van der Waals surface area (Å²) in [5.74, 6) is 5.68. The fraction of sp³-hybridized carbons (Fsp3) is 0.600. The van der Waals surface area contributed by atoms with Gasteiger partial charge >= 0.3 is 0 Å². The van der Waals surface area contributed by atoms with Crippen LogP contribution in [0.1, 0.15) is 76.2 Å². The first-order valence-corrected chi connectivity index (χ1v) is 15.5. The summed E-state index contributed by atoms with van der Waals surface area (Å²) in [6, 6.07) is 9.01. The molecule has 6 rings (SSSR count). The molecule has 41 heavy (non-hydrogen) atoms. The van der Waals surface area contributed by atoms with Gasteiger partial charge in [0.1, 0.15) is 26.0 Å². The number of rotatable bonds is 6. The number of alkyl halides is 1. The highest BCUT2D eigenvalue weighted by molar-refractivity contribution is 5.93. The van der Waals surface area contributed by atoms with Gasteiger partial charge in [-0.15, -0.1) is 0 Å². The number of benzene rings is 1. The molecule has 1 aromatic rings. The summed E-state index contributed by atoms with van der Waals surface area (Å²) < 4.78 is 21.4. The van der Waals surface area contributed by atoms with E-state index in [1.807, 2.05) is 0 Å². The minimum absolute atomic E-state index is 0.0155. The minimum atomic E-state index is -1.13. The van der Waals surface area contributed by atoms with Crippen molar-refractivity contribution in [2.45, 2.75) is 76.8 Å². The number of anilines is 1. The van der Waals surface area contributed by atoms with Gasteiger partial charge in [-0.2, -0.15) is 0 Å². The number of aliphatic hydroxyl groups excluding tert-OH is 1. The monoisotopic (exact) mass is 559 g/mol. The van der Waals surface area contributed by atoms with Crippen molar-refractivity contribution in [1.82, 2.24) is 0 Å². The molecule has 1 aliphatic heterocycles. The average Bonchev–Trinajstić information content (AvgIpc) is 3.34. The maximum atomic E-state index is 15.8. The molecular formula is C35H42FNO4. The lowest BCUT2D eigenvalue weighted by Gasteiger charge is -2.53. The Kier molecular flexibility index (Phi) is 8.21. The van der Waals surface area contributed by atoms with Gasteiger partial charge in [-0.1, -0.05) is 36.5 Å². The highest BCUT2D eigenvalue weighted by Crippen LogP contribution is 2.66. The number of fused-ring (bicyclic) bond motifs is 4. The molecule has 1 saturated heterocycles. The van der Waals surface area contributed by atoms with Gasteiger partial charge in [0.05, 0.1) is 0 Å². The zero-order valence-electron chi connectivity index (χ0n) is 24.2. The largest absolute Gasteiger partial charge is 0.384 e. The molecule has 218 valence electrons. The number of nitrogens with zero attached hydrogens (tertiary/aromatic N) is 1. The molecule has 1 unspecified atom stereocenters. The Hall–Kier alpha value is -2.75. The zero-order valence-corrected chi connectivity index (χ0v) is 24.2. The first-order valence-electron chi connectivity index (χ1n) is 15.5. The second-order valence-electron chi connectivity index (χ2n) is 12.9. The molecule has 0 aromatic heterocycles. The molecule has 1 N–H and O–H groups in total. The molecule has 3 fully saturated rings. The predicted molar refractivity (Wildman–Crippen MR) is 157 cm³/mol. The first-order chi connectivity index (χ1) is 19.9. The van der Waals surface area contributed by atoms with Crippen molar-refractivity contribution < 1.29 is 23.8 Å². The van der Waals surface area contributed by atoms with E-state index in [-0.39, 0.29) is 60.5 Å². The van der Waals surface area contributed by atoms with Gasteiger partial charge in [-0.05, 0) is 104 Å². The lowest BCUT2D eigenvalue weighted by Crippen LogP contribution is -2.46. The van der Waals surface area contributed by atoms with Crippen molar-refractivity contribution in [3.05, 3.63) is 52.6 Å². The van der Waals surface area contributed by atoms with Crippen molar-refractivity contribution in [3.63, 3.8) is 0 Å². The third-order valence-electron chi connectivity index (χ3n) is 10.8. The number of ether oxygens (including phenoxy) is 1. The van der Waals surface area contributed by atoms with Crippen LogP contribution in [0.5, 0.6) is 0 Å². The van der Waals surface area contributed by atoms with Crippen LogP contribution in [0.2, 0.25) is 0 Å². The summed E-state index contributed by atoms with van der Waals surface area (Å²) in [4.78, 5) is 28.3. The van der Waals surface area contributed by atoms with Crippen molar-refractivity contribution in [1.29, 1.82) is 0 Å². The standard InChI is InChI=1S/C35H42FNO4/c1-35-21-29(23-7-9-24(10-8-23)37-15-3-2-4-16-37)34-26-12-11-25(39)19-27(26)32(36)20-28(34)30(35)13-14-31(35)33(40)22-41-18-6-5-17-38/h7-10,19,28-32,38H,2-4,11-18,20-22H2,1H3/t28-,29+,30-,31+,32?,35-/m0/s1. The van der Waals surface area contributed by atoms with Crippen LogP contribution in [0.15, 0.2) is 47.1 Å². The number of piperidine rings is 1. The fourth-order valence-electron chi connectivity index (χ4n) is 8.94. The molecule has 1 heterocycles. The Labute approximate surface area is 243 Å². The average molecular weight is 560 g/mol. The summed E-state index contributed by atoms with van der Waals surface area (Å²) >= 11 is 0. The van der Waals surface area contributed by atoms with Crippen LogP contribution in [-0.4, -0.2) is 55.8 Å². The molecule has 1 aromatic carbocycles. The molecule has 4 aliphatic carbocycles. The minimum Gasteiger partial charge on any atom is -0.384 e. The molecule has 2 saturated carbocycles. The van der Waals surface area contributed by atoms with Crippen molar-refractivity contribution in [2.75, 3.05) is 37.8 Å². The first kappa shape index (κ1) is 28.4. The van der Waals surface area contributed by atoms with Crippen LogP contribution >= 0.6 is 0 Å². The van der Waals surface area contributed by atoms with E-state index in [1.54, 1.807) is 6.08 Å². The molecule has 6 heteroatoms. The molecule has 0 radical (unpaired) electrons. The maximum Gasteiger partial charge on any atom is 0.162 e. The number of carbonyl (C=O) groups is 2. The van der Waals surface area contributed by atoms with E-state index in [2.05, 4.69) is 47.9 Å². The second kappa shape index (κ2) is 11.9. The van der Waals surface area contributed by atoms with E-state index in [1.165, 1.54) is 36.1 Å². The Morgan fingerprint density at radius 2 is 1.90 bits per heavy atom. The van der Waals surface area contributed by atoms with Gasteiger partial charge < -0.3 is 14.7 Å². The highest BCUT2D eigenvalue weighted by atomic mass is 19.1. The smallest absolute Gasteiger partial charge is 0.162 e. The van der Waals surface area contributed by atoms with Gasteiger partial charge in [0, 0.05) is 37.0 Å². The second-order valence-corrected chi connectivity index (χ2v) is 12.9. The van der Waals surface area contributed by atoms with Crippen molar-refractivity contribution in [2.24, 2.45) is 23.2 Å². The lowest BCUT2D eigenvalue weighted by atomic mass is 9.51. The Morgan fingerprint density at radius 3 is 2.66 bits per heavy atom. The summed E-state index contributed by atoms with van der Waals surface area (Å²) in [6.45, 7) is 4.37. The van der Waals surface area contributed by atoms with Gasteiger partial charge in [0.2, 0.25) is 0 Å². The maximum absolute atomic E-state index is 15.8. The highest BCUT2D eigenvalue weighted by Gasteiger charge is 2.59. The van der Waals surface area contributed by atoms with Crippen LogP contribution in [0.4, 0.5) is 10.1 Å². The third kappa shape index (κ3) is 5.32. The SMILES string of the molecule is C[C@]12C[C@H](c3ccc(N4CCCCC4)cc3)C3=C4CCC(=O)C=C4C(F)C[C@H]3[C@@H]1CC[C@@H]2C(=O)COCC#CCO. The number of hydrogen-bond donors (Lipinski definition) is 1. The van der Waals surface area contributed by atoms with E-state index in [9.17, 15) is 9.59 Å². The van der Waals surface area contributed by atoms with Crippen molar-refractivity contribution >= 4 is 17.3 Å². The summed E-state index contributed by atoms with van der Waals surface area (Å²) in [7, 11) is 0. The van der Waals surface area contributed by atoms with Gasteiger partial charge in [0.25, 0.3) is 0 Å². The van der Waals surface area contributed by atoms with Crippen LogP contribution in [0.3, 0.4) is 0 Å². The number of ketones is 2. The number of Topliss-reactive ketones (excluding diaryl/α,β-unsaturated/α-hetero) is 1. The summed E-state index contributed by atoms with van der Waals surface area (Å²) in [5.41, 5.74) is 5.28. The van der Waals surface area contributed by atoms with E-state index in [4.69, 9.17) is 9.84 Å². The third-order valence-corrected chi connectivity index (χ3v) is 10.8. The molecule has 0 spiro atoms. The summed E-state index contributed by atoms with van der Waals surface area (Å²) in [5, 5.41) is 8.86. The van der Waals surface area contributed by atoms with Crippen LogP contribution in [0, 0.1) is 35.0 Å². The molecular weight excluding hydrogens is 517 g/mol. The molecule has 6 atom stereocenters. The molecule has 5 aliphatic rings. The van der Waals surface area contributed by atoms with E-state index < -0.39 is 6.17 Å². The van der Waals surface area contributed by atoms with E-state index in [0.717, 1.165) is 37.9 Å². The zero-order chi connectivity index (χ0) is 28.6. The number of hydrogen-bond acceptors (Lipinski definition) is 5. The number of halogens is 1. The van der Waals surface area contributed by atoms with Gasteiger partial charge in [0.15, 0.2) is 11.6 Å². The van der Waals surface area contributed by atoms with Crippen LogP contribution in [-0.2, 0) is 14.3 Å². The normalized spacial score (nSPS) is 32.9. The number of allylic oxidation sites excluding steroid dienone is 4. The van der Waals surface area contributed by atoms with Gasteiger partial charge in [-0.3, -0.25) is 9.59 Å².